The molecule has 1 aliphatic heterocycles. The fourth-order valence-corrected chi connectivity index (χ4v) is 6.25. The molecular formula is C31H29N3O4. The number of carbonyl (C=O) groups is 3. The lowest BCUT2D eigenvalue weighted by Crippen LogP contribution is -2.58. The van der Waals surface area contributed by atoms with Crippen LogP contribution in [0.15, 0.2) is 72.8 Å². The van der Waals surface area contributed by atoms with E-state index in [9.17, 15) is 14.4 Å². The Labute approximate surface area is 220 Å². The Kier molecular flexibility index (Phi) is 5.76. The van der Waals surface area contributed by atoms with Crippen LogP contribution in [0.5, 0.6) is 5.75 Å². The zero-order valence-corrected chi connectivity index (χ0v) is 21.5. The minimum atomic E-state index is -1.71. The number of H-pyrrole nitrogens is 1. The molecule has 3 unspecified atom stereocenters. The SMILES string of the molecule is CCOc1ccc(C2C(C(C)C)NC3(C(=O)c4ccccc4C3=O)C2C(=O)c2nc3ccccc3[nH]2)cc1. The van der Waals surface area contributed by atoms with E-state index in [1.165, 1.54) is 0 Å². The molecule has 2 N–H and O–H groups in total. The van der Waals surface area contributed by atoms with Gasteiger partial charge in [0.15, 0.2) is 22.9 Å². The van der Waals surface area contributed by atoms with Gasteiger partial charge in [0.2, 0.25) is 5.78 Å². The number of fused-ring (bicyclic) bond motifs is 2. The van der Waals surface area contributed by atoms with Crippen molar-refractivity contribution < 1.29 is 19.1 Å². The fraction of sp³-hybridized carbons (Fsp3) is 0.290. The second-order valence-corrected chi connectivity index (χ2v) is 10.4. The van der Waals surface area contributed by atoms with Crippen molar-refractivity contribution in [2.45, 2.75) is 38.3 Å². The van der Waals surface area contributed by atoms with Crippen molar-refractivity contribution in [3.63, 3.8) is 0 Å². The molecule has 0 saturated carbocycles. The molecule has 2 aliphatic rings. The highest BCUT2D eigenvalue weighted by molar-refractivity contribution is 6.35. The van der Waals surface area contributed by atoms with E-state index in [1.807, 2.05) is 69.3 Å². The fourth-order valence-electron chi connectivity index (χ4n) is 6.25. The van der Waals surface area contributed by atoms with Gasteiger partial charge in [-0.3, -0.25) is 19.7 Å². The van der Waals surface area contributed by atoms with Gasteiger partial charge in [-0.2, -0.15) is 0 Å². The number of rotatable bonds is 6. The molecule has 1 fully saturated rings. The van der Waals surface area contributed by atoms with Gasteiger partial charge in [0, 0.05) is 23.1 Å². The third-order valence-corrected chi connectivity index (χ3v) is 7.94. The first-order valence-corrected chi connectivity index (χ1v) is 13.0. The van der Waals surface area contributed by atoms with E-state index < -0.39 is 17.4 Å². The Balaban J connectivity index is 1.56. The van der Waals surface area contributed by atoms with Gasteiger partial charge in [0.25, 0.3) is 0 Å². The van der Waals surface area contributed by atoms with Crippen molar-refractivity contribution >= 4 is 28.4 Å². The third-order valence-electron chi connectivity index (χ3n) is 7.94. The number of hydrogen-bond donors (Lipinski definition) is 2. The second kappa shape index (κ2) is 9.03. The molecule has 7 heteroatoms. The van der Waals surface area contributed by atoms with Crippen molar-refractivity contribution in [1.29, 1.82) is 0 Å². The molecule has 1 spiro atoms. The Morgan fingerprint density at radius 1 is 0.947 bits per heavy atom. The lowest BCUT2D eigenvalue weighted by Gasteiger charge is -2.29. The van der Waals surface area contributed by atoms with Crippen molar-refractivity contribution in [3.8, 4) is 5.75 Å². The van der Waals surface area contributed by atoms with Crippen LogP contribution in [-0.4, -0.2) is 45.5 Å². The lowest BCUT2D eigenvalue weighted by atomic mass is 9.70. The number of nitrogens with one attached hydrogen (secondary N) is 2. The van der Waals surface area contributed by atoms with Crippen molar-refractivity contribution in [2.24, 2.45) is 11.8 Å². The molecular weight excluding hydrogens is 478 g/mol. The number of aromatic amines is 1. The molecule has 3 aromatic carbocycles. The van der Waals surface area contributed by atoms with Gasteiger partial charge < -0.3 is 9.72 Å². The topological polar surface area (TPSA) is 101 Å². The molecule has 38 heavy (non-hydrogen) atoms. The second-order valence-electron chi connectivity index (χ2n) is 10.4. The summed E-state index contributed by atoms with van der Waals surface area (Å²) >= 11 is 0. The summed E-state index contributed by atoms with van der Waals surface area (Å²) in [5.74, 6) is -1.62. The molecule has 3 atom stereocenters. The van der Waals surface area contributed by atoms with Crippen LogP contribution in [0.3, 0.4) is 0 Å². The predicted molar refractivity (Wildman–Crippen MR) is 144 cm³/mol. The van der Waals surface area contributed by atoms with Gasteiger partial charge in [0.05, 0.1) is 23.6 Å². The van der Waals surface area contributed by atoms with E-state index in [2.05, 4.69) is 15.3 Å². The molecule has 6 rings (SSSR count). The minimum Gasteiger partial charge on any atom is -0.494 e. The Hall–Kier alpha value is -4.10. The molecule has 0 amide bonds. The number of aromatic nitrogens is 2. The number of nitrogens with zero attached hydrogens (tertiary/aromatic N) is 1. The molecule has 1 saturated heterocycles. The number of imidazole rings is 1. The highest BCUT2D eigenvalue weighted by atomic mass is 16.5. The van der Waals surface area contributed by atoms with Gasteiger partial charge in [-0.15, -0.1) is 0 Å². The molecule has 7 nitrogen and oxygen atoms in total. The lowest BCUT2D eigenvalue weighted by molar-refractivity contribution is 0.0652. The molecule has 2 heterocycles. The van der Waals surface area contributed by atoms with Gasteiger partial charge in [0.1, 0.15) is 5.75 Å². The number of Topliss-reactive ketones (excluding diaryl/α,β-unsaturated/α-hetero) is 3. The predicted octanol–water partition coefficient (Wildman–Crippen LogP) is 4.99. The molecule has 1 aromatic heterocycles. The molecule has 4 aromatic rings. The summed E-state index contributed by atoms with van der Waals surface area (Å²) in [6, 6.07) is 21.5. The number of ketones is 3. The first-order valence-electron chi connectivity index (χ1n) is 13.0. The first-order chi connectivity index (χ1) is 18.4. The van der Waals surface area contributed by atoms with E-state index >= 15 is 0 Å². The summed E-state index contributed by atoms with van der Waals surface area (Å²) in [6.07, 6.45) is 0. The van der Waals surface area contributed by atoms with Crippen molar-refractivity contribution in [3.05, 3.63) is 95.3 Å². The first kappa shape index (κ1) is 24.2. The van der Waals surface area contributed by atoms with Crippen molar-refractivity contribution in [2.75, 3.05) is 6.61 Å². The summed E-state index contributed by atoms with van der Waals surface area (Å²) in [6.45, 7) is 6.54. The van der Waals surface area contributed by atoms with E-state index in [4.69, 9.17) is 4.74 Å². The molecule has 0 radical (unpaired) electrons. The van der Waals surface area contributed by atoms with E-state index in [1.54, 1.807) is 24.3 Å². The van der Waals surface area contributed by atoms with Crippen LogP contribution in [0, 0.1) is 11.8 Å². The number of hydrogen-bond acceptors (Lipinski definition) is 6. The Morgan fingerprint density at radius 3 is 2.18 bits per heavy atom. The number of carbonyl (C=O) groups excluding carboxylic acids is 3. The van der Waals surface area contributed by atoms with Crippen LogP contribution in [0.25, 0.3) is 11.0 Å². The highest BCUT2D eigenvalue weighted by Gasteiger charge is 2.68. The zero-order chi connectivity index (χ0) is 26.6. The van der Waals surface area contributed by atoms with Crippen LogP contribution in [-0.2, 0) is 0 Å². The zero-order valence-electron chi connectivity index (χ0n) is 21.5. The normalized spacial score (nSPS) is 21.9. The molecule has 0 bridgehead atoms. The van der Waals surface area contributed by atoms with Crippen LogP contribution < -0.4 is 10.1 Å². The highest BCUT2D eigenvalue weighted by Crippen LogP contribution is 2.51. The molecule has 1 aliphatic carbocycles. The van der Waals surface area contributed by atoms with Gasteiger partial charge >= 0.3 is 0 Å². The standard InChI is InChI=1S/C31H29N3O4/c1-4-38-19-15-13-18(14-16-19)24-25(27(35)30-32-22-11-7-8-12-23(22)33-30)31(34-26(24)17(2)3)28(36)20-9-5-6-10-21(20)29(31)37/h5-17,24-26,34H,4H2,1-3H3,(H,32,33). The quantitative estimate of drug-likeness (QED) is 0.282. The molecule has 192 valence electrons. The number of ether oxygens (including phenoxy) is 1. The number of benzene rings is 3. The van der Waals surface area contributed by atoms with E-state index in [0.29, 0.717) is 23.3 Å². The number of para-hydroxylation sites is 2. The Morgan fingerprint density at radius 2 is 1.58 bits per heavy atom. The van der Waals surface area contributed by atoms with Crippen LogP contribution in [0.1, 0.15) is 63.6 Å². The van der Waals surface area contributed by atoms with Crippen LogP contribution in [0.4, 0.5) is 0 Å². The van der Waals surface area contributed by atoms with Crippen molar-refractivity contribution in [1.82, 2.24) is 15.3 Å². The summed E-state index contributed by atoms with van der Waals surface area (Å²) in [4.78, 5) is 50.5. The maximum Gasteiger partial charge on any atom is 0.204 e. The Bertz CT molecular complexity index is 1500. The summed E-state index contributed by atoms with van der Waals surface area (Å²) < 4.78 is 5.64. The third kappa shape index (κ3) is 3.45. The van der Waals surface area contributed by atoms with Gasteiger partial charge in [-0.1, -0.05) is 62.4 Å². The van der Waals surface area contributed by atoms with E-state index in [-0.39, 0.29) is 35.1 Å². The maximum absolute atomic E-state index is 14.5. The van der Waals surface area contributed by atoms with Crippen LogP contribution >= 0.6 is 0 Å². The summed E-state index contributed by atoms with van der Waals surface area (Å²) in [5, 5.41) is 3.44. The van der Waals surface area contributed by atoms with Gasteiger partial charge in [-0.05, 0) is 42.7 Å². The summed E-state index contributed by atoms with van der Waals surface area (Å²) in [5.41, 5.74) is 1.23. The summed E-state index contributed by atoms with van der Waals surface area (Å²) in [7, 11) is 0. The minimum absolute atomic E-state index is 0.0289. The monoisotopic (exact) mass is 507 g/mol. The van der Waals surface area contributed by atoms with Gasteiger partial charge in [-0.25, -0.2) is 4.98 Å². The van der Waals surface area contributed by atoms with Crippen LogP contribution in [0.2, 0.25) is 0 Å². The smallest absolute Gasteiger partial charge is 0.204 e. The van der Waals surface area contributed by atoms with E-state index in [0.717, 1.165) is 16.8 Å². The average Bonchev–Trinajstić information content (AvgIpc) is 3.58. The largest absolute Gasteiger partial charge is 0.494 e. The average molecular weight is 508 g/mol. The maximum atomic E-state index is 14.5.